The minimum absolute atomic E-state index is 0.0216. The number of hydrogen-bond acceptors (Lipinski definition) is 1. The summed E-state index contributed by atoms with van der Waals surface area (Å²) in [6.07, 6.45) is 0. The molecular formula is C72H58N2. The van der Waals surface area contributed by atoms with Crippen molar-refractivity contribution in [2.75, 3.05) is 4.90 Å². The van der Waals surface area contributed by atoms with Crippen LogP contribution in [-0.4, -0.2) is 4.57 Å². The molecule has 0 radical (unpaired) electrons. The van der Waals surface area contributed by atoms with Gasteiger partial charge in [0.1, 0.15) is 0 Å². The molecule has 13 aromatic rings. The van der Waals surface area contributed by atoms with Crippen molar-refractivity contribution in [2.45, 2.75) is 52.4 Å². The SMILES string of the molecule is CC(C)(C)c1ccc2c(c1)c1cc(C(C)(C)C)ccc1n2-c1ccc2ccc3c(N(c4cccc(-c5ccc(-c6ccccc6)cc5)c4)c4cccc(-c5ccc(-c6ccccc6)cc5)c4)ccc4ccc1c2c43. The molecule has 0 saturated carbocycles. The van der Waals surface area contributed by atoms with Gasteiger partial charge in [-0.1, -0.05) is 224 Å². The Kier molecular flexibility index (Phi) is 10.7. The van der Waals surface area contributed by atoms with Crippen molar-refractivity contribution >= 4 is 71.2 Å². The minimum Gasteiger partial charge on any atom is -0.310 e. The van der Waals surface area contributed by atoms with Crippen molar-refractivity contribution in [2.24, 2.45) is 0 Å². The zero-order valence-electron chi connectivity index (χ0n) is 43.0. The molecule has 0 unspecified atom stereocenters. The summed E-state index contributed by atoms with van der Waals surface area (Å²) in [5.41, 5.74) is 19.2. The zero-order chi connectivity index (χ0) is 50.3. The van der Waals surface area contributed by atoms with Crippen LogP contribution in [0.4, 0.5) is 17.1 Å². The highest BCUT2D eigenvalue weighted by molar-refractivity contribution is 6.27. The average molecular weight is 951 g/mol. The number of aromatic nitrogens is 1. The summed E-state index contributed by atoms with van der Waals surface area (Å²) in [4.78, 5) is 2.48. The second-order valence-corrected chi connectivity index (χ2v) is 22.2. The molecule has 2 heteroatoms. The number of rotatable bonds is 8. The van der Waals surface area contributed by atoms with Crippen molar-refractivity contribution in [3.8, 4) is 50.2 Å². The highest BCUT2D eigenvalue weighted by atomic mass is 15.1. The first-order chi connectivity index (χ1) is 35.9. The van der Waals surface area contributed by atoms with E-state index in [2.05, 4.69) is 294 Å². The van der Waals surface area contributed by atoms with E-state index in [0.29, 0.717) is 0 Å². The van der Waals surface area contributed by atoms with E-state index in [0.717, 1.165) is 28.2 Å². The van der Waals surface area contributed by atoms with E-state index < -0.39 is 0 Å². The molecule has 0 aliphatic heterocycles. The molecule has 0 amide bonds. The predicted octanol–water partition coefficient (Wildman–Crippen LogP) is 20.4. The Labute approximate surface area is 434 Å². The maximum Gasteiger partial charge on any atom is 0.0541 e. The molecule has 74 heavy (non-hydrogen) atoms. The lowest BCUT2D eigenvalue weighted by atomic mass is 9.85. The second-order valence-electron chi connectivity index (χ2n) is 22.2. The molecule has 1 heterocycles. The monoisotopic (exact) mass is 950 g/mol. The first-order valence-corrected chi connectivity index (χ1v) is 26.1. The van der Waals surface area contributed by atoms with Crippen LogP contribution in [0.5, 0.6) is 0 Å². The first kappa shape index (κ1) is 45.2. The molecular weight excluding hydrogens is 893 g/mol. The number of anilines is 3. The van der Waals surface area contributed by atoms with Crippen LogP contribution in [0, 0.1) is 0 Å². The standard InChI is InChI=1S/C72H58N2/c1-71(2,3)57-35-41-67-63(45-57)64-46-58(72(4,5)6)36-42-68(64)74(67)66-40-34-54-31-37-61-65(39-33-53-32-38-62(66)70(54)69(53)61)73(59-21-13-19-55(43-59)51-27-23-49(24-28-51)47-15-9-7-10-16-47)60-22-14-20-56(44-60)52-29-25-50(26-30-52)48-17-11-8-12-18-48/h7-46H,1-6H3. The molecule has 13 rings (SSSR count). The summed E-state index contributed by atoms with van der Waals surface area (Å²) in [5.74, 6) is 0. The minimum atomic E-state index is 0.0216. The first-order valence-electron chi connectivity index (χ1n) is 26.1. The van der Waals surface area contributed by atoms with Gasteiger partial charge in [0.05, 0.1) is 22.4 Å². The van der Waals surface area contributed by atoms with Crippen LogP contribution in [-0.2, 0) is 10.8 Å². The van der Waals surface area contributed by atoms with Gasteiger partial charge in [-0.05, 0) is 149 Å². The summed E-state index contributed by atoms with van der Waals surface area (Å²) in [5, 5.41) is 10.1. The lowest BCUT2D eigenvalue weighted by Gasteiger charge is -2.29. The summed E-state index contributed by atoms with van der Waals surface area (Å²) in [6, 6.07) is 90.3. The van der Waals surface area contributed by atoms with Crippen molar-refractivity contribution in [3.63, 3.8) is 0 Å². The molecule has 0 N–H and O–H groups in total. The van der Waals surface area contributed by atoms with E-state index >= 15 is 0 Å². The van der Waals surface area contributed by atoms with Gasteiger partial charge in [0.15, 0.2) is 0 Å². The molecule has 0 aliphatic carbocycles. The summed E-state index contributed by atoms with van der Waals surface area (Å²) in [7, 11) is 0. The van der Waals surface area contributed by atoms with E-state index in [1.807, 2.05) is 0 Å². The van der Waals surface area contributed by atoms with Gasteiger partial charge in [-0.15, -0.1) is 0 Å². The normalized spacial score (nSPS) is 12.2. The molecule has 0 bridgehead atoms. The van der Waals surface area contributed by atoms with Crippen LogP contribution in [0.1, 0.15) is 52.7 Å². The van der Waals surface area contributed by atoms with Gasteiger partial charge in [-0.2, -0.15) is 0 Å². The highest BCUT2D eigenvalue weighted by Crippen LogP contribution is 2.47. The molecule has 0 atom stereocenters. The van der Waals surface area contributed by atoms with Crippen molar-refractivity contribution in [3.05, 3.63) is 254 Å². The smallest absolute Gasteiger partial charge is 0.0541 e. The molecule has 0 aliphatic rings. The van der Waals surface area contributed by atoms with Gasteiger partial charge >= 0.3 is 0 Å². The van der Waals surface area contributed by atoms with E-state index in [-0.39, 0.29) is 10.8 Å². The number of fused-ring (bicyclic) bond motifs is 3. The fraction of sp³-hybridized carbons (Fsp3) is 0.111. The summed E-state index contributed by atoms with van der Waals surface area (Å²) < 4.78 is 2.53. The van der Waals surface area contributed by atoms with Crippen LogP contribution in [0.15, 0.2) is 243 Å². The van der Waals surface area contributed by atoms with Gasteiger partial charge < -0.3 is 9.47 Å². The Morgan fingerprint density at radius 2 is 0.689 bits per heavy atom. The molecule has 2 nitrogen and oxygen atoms in total. The third kappa shape index (κ3) is 7.81. The van der Waals surface area contributed by atoms with Crippen LogP contribution in [0.3, 0.4) is 0 Å². The van der Waals surface area contributed by atoms with Gasteiger partial charge in [-0.25, -0.2) is 0 Å². The van der Waals surface area contributed by atoms with Crippen molar-refractivity contribution in [1.82, 2.24) is 4.57 Å². The second kappa shape index (κ2) is 17.5. The molecule has 1 aromatic heterocycles. The summed E-state index contributed by atoms with van der Waals surface area (Å²) >= 11 is 0. The van der Waals surface area contributed by atoms with E-state index in [1.54, 1.807) is 0 Å². The van der Waals surface area contributed by atoms with Crippen LogP contribution < -0.4 is 4.90 Å². The third-order valence-electron chi connectivity index (χ3n) is 15.5. The van der Waals surface area contributed by atoms with Gasteiger partial charge in [-0.3, -0.25) is 0 Å². The largest absolute Gasteiger partial charge is 0.310 e. The molecule has 0 saturated heterocycles. The Hall–Kier alpha value is -8.72. The maximum absolute atomic E-state index is 2.53. The zero-order valence-corrected chi connectivity index (χ0v) is 43.0. The topological polar surface area (TPSA) is 8.17 Å². The highest BCUT2D eigenvalue weighted by Gasteiger charge is 2.24. The van der Waals surface area contributed by atoms with Gasteiger partial charge in [0.2, 0.25) is 0 Å². The van der Waals surface area contributed by atoms with Crippen LogP contribution in [0.2, 0.25) is 0 Å². The summed E-state index contributed by atoms with van der Waals surface area (Å²) in [6.45, 7) is 13.9. The van der Waals surface area contributed by atoms with E-state index in [4.69, 9.17) is 0 Å². The van der Waals surface area contributed by atoms with Gasteiger partial charge in [0, 0.05) is 32.9 Å². The van der Waals surface area contributed by atoms with Crippen LogP contribution >= 0.6 is 0 Å². The van der Waals surface area contributed by atoms with E-state index in [1.165, 1.54) is 104 Å². The van der Waals surface area contributed by atoms with Crippen molar-refractivity contribution in [1.29, 1.82) is 0 Å². The van der Waals surface area contributed by atoms with Gasteiger partial charge in [0.25, 0.3) is 0 Å². The number of hydrogen-bond donors (Lipinski definition) is 0. The van der Waals surface area contributed by atoms with Crippen LogP contribution in [0.25, 0.3) is 104 Å². The Morgan fingerprint density at radius 3 is 1.16 bits per heavy atom. The number of benzene rings is 12. The predicted molar refractivity (Wildman–Crippen MR) is 318 cm³/mol. The lowest BCUT2D eigenvalue weighted by Crippen LogP contribution is -2.11. The fourth-order valence-corrected chi connectivity index (χ4v) is 11.4. The van der Waals surface area contributed by atoms with Crippen molar-refractivity contribution < 1.29 is 0 Å². The molecule has 12 aromatic carbocycles. The lowest BCUT2D eigenvalue weighted by molar-refractivity contribution is 0.590. The Bertz CT molecular complexity index is 4030. The Morgan fingerprint density at radius 1 is 0.297 bits per heavy atom. The fourth-order valence-electron chi connectivity index (χ4n) is 11.4. The molecule has 356 valence electrons. The molecule has 0 spiro atoms. The Balaban J connectivity index is 1.00. The maximum atomic E-state index is 2.53. The molecule has 0 fully saturated rings. The quantitative estimate of drug-likeness (QED) is 0.138. The number of nitrogens with zero attached hydrogens (tertiary/aromatic N) is 2. The third-order valence-corrected chi connectivity index (χ3v) is 15.5. The average Bonchev–Trinajstić information content (AvgIpc) is 3.76. The van der Waals surface area contributed by atoms with E-state index in [9.17, 15) is 0 Å².